The lowest BCUT2D eigenvalue weighted by atomic mass is 10.3. The summed E-state index contributed by atoms with van der Waals surface area (Å²) in [5.41, 5.74) is 4.09. The minimum absolute atomic E-state index is 0.0177. The number of hydrogen-bond donors (Lipinski definition) is 3. The molecule has 0 aromatic heterocycles. The number of amides is 1. The van der Waals surface area contributed by atoms with Crippen LogP contribution in [0.3, 0.4) is 0 Å². The highest BCUT2D eigenvalue weighted by molar-refractivity contribution is 5.80. The number of hydrogen-bond acceptors (Lipinski definition) is 5. The molecule has 0 aliphatic carbocycles. The minimum atomic E-state index is -0.490. The van der Waals surface area contributed by atoms with Crippen LogP contribution in [0, 0.1) is 0 Å². The molecule has 0 aromatic rings. The second-order valence-electron chi connectivity index (χ2n) is 1.75. The van der Waals surface area contributed by atoms with Gasteiger partial charge in [-0.25, -0.2) is 5.84 Å². The van der Waals surface area contributed by atoms with E-state index in [1.54, 1.807) is 0 Å². The first-order chi connectivity index (χ1) is 5.20. The molecular formula is C5H11N3O3. The highest BCUT2D eigenvalue weighted by Gasteiger charge is 2.05. The number of hydrazine groups is 1. The van der Waals surface area contributed by atoms with Crippen LogP contribution in [0.15, 0.2) is 0 Å². The Morgan fingerprint density at radius 1 is 1.45 bits per heavy atom. The number of rotatable bonds is 4. The highest BCUT2D eigenvalue weighted by atomic mass is 16.7. The third kappa shape index (κ3) is 5.31. The van der Waals surface area contributed by atoms with Crippen molar-refractivity contribution >= 4 is 11.9 Å². The average molecular weight is 161 g/mol. The molecule has 0 aliphatic rings. The van der Waals surface area contributed by atoms with Crippen molar-refractivity contribution in [2.45, 2.75) is 12.8 Å². The summed E-state index contributed by atoms with van der Waals surface area (Å²) in [4.78, 5) is 25.3. The summed E-state index contributed by atoms with van der Waals surface area (Å²) >= 11 is 0. The smallest absolute Gasteiger partial charge is 0.325 e. The van der Waals surface area contributed by atoms with Gasteiger partial charge >= 0.3 is 5.97 Å². The van der Waals surface area contributed by atoms with Crippen molar-refractivity contribution < 1.29 is 14.4 Å². The lowest BCUT2D eigenvalue weighted by molar-refractivity contribution is -0.150. The van der Waals surface area contributed by atoms with E-state index in [0.29, 0.717) is 0 Å². The van der Waals surface area contributed by atoms with Gasteiger partial charge in [0.1, 0.15) is 0 Å². The van der Waals surface area contributed by atoms with Crippen LogP contribution in [0.4, 0.5) is 0 Å². The van der Waals surface area contributed by atoms with Crippen LogP contribution >= 0.6 is 0 Å². The van der Waals surface area contributed by atoms with E-state index in [0.717, 1.165) is 0 Å². The summed E-state index contributed by atoms with van der Waals surface area (Å²) in [6.07, 6.45) is 0.0564. The quantitative estimate of drug-likeness (QED) is 0.263. The van der Waals surface area contributed by atoms with Crippen LogP contribution in [-0.2, 0) is 14.4 Å². The largest absolute Gasteiger partial charge is 0.371 e. The Bertz CT molecular complexity index is 148. The Hall–Kier alpha value is -1.14. The lowest BCUT2D eigenvalue weighted by Gasteiger charge is -1.99. The number of carbonyl (C=O) groups excluding carboxylic acids is 2. The molecule has 0 saturated carbocycles. The van der Waals surface area contributed by atoms with Crippen LogP contribution in [-0.4, -0.2) is 18.9 Å². The van der Waals surface area contributed by atoms with Crippen molar-refractivity contribution in [2.75, 3.05) is 7.05 Å². The van der Waals surface area contributed by atoms with E-state index in [-0.39, 0.29) is 12.8 Å². The van der Waals surface area contributed by atoms with E-state index in [9.17, 15) is 9.59 Å². The predicted molar refractivity (Wildman–Crippen MR) is 36.7 cm³/mol. The zero-order valence-electron chi connectivity index (χ0n) is 6.22. The molecule has 0 heterocycles. The second kappa shape index (κ2) is 5.63. The van der Waals surface area contributed by atoms with Gasteiger partial charge in [0.05, 0.1) is 6.42 Å². The standard InChI is InChI=1S/C5H11N3O3/c1-7-11-5(10)3-2-4(9)8-6/h7H,2-3,6H2,1H3,(H,8,9). The van der Waals surface area contributed by atoms with Crippen molar-refractivity contribution in [1.82, 2.24) is 10.9 Å². The van der Waals surface area contributed by atoms with E-state index in [2.05, 4.69) is 10.3 Å². The molecule has 0 bridgehead atoms. The minimum Gasteiger partial charge on any atom is -0.371 e. The van der Waals surface area contributed by atoms with Gasteiger partial charge in [0.2, 0.25) is 5.91 Å². The molecular weight excluding hydrogens is 150 g/mol. The van der Waals surface area contributed by atoms with Crippen LogP contribution in [0.1, 0.15) is 12.8 Å². The molecule has 0 rings (SSSR count). The summed E-state index contributed by atoms with van der Waals surface area (Å²) in [5, 5.41) is 0. The van der Waals surface area contributed by atoms with E-state index >= 15 is 0 Å². The Morgan fingerprint density at radius 2 is 2.09 bits per heavy atom. The molecule has 11 heavy (non-hydrogen) atoms. The fourth-order valence-electron chi connectivity index (χ4n) is 0.453. The van der Waals surface area contributed by atoms with Crippen molar-refractivity contribution in [2.24, 2.45) is 5.84 Å². The van der Waals surface area contributed by atoms with E-state index in [4.69, 9.17) is 5.84 Å². The molecule has 0 fully saturated rings. The zero-order chi connectivity index (χ0) is 8.69. The Labute approximate surface area is 64.0 Å². The number of nitrogens with one attached hydrogen (secondary N) is 2. The molecule has 0 radical (unpaired) electrons. The molecule has 0 atom stereocenters. The van der Waals surface area contributed by atoms with Crippen LogP contribution in [0.2, 0.25) is 0 Å². The SMILES string of the molecule is CNOC(=O)CCC(=O)NN. The first kappa shape index (κ1) is 9.86. The van der Waals surface area contributed by atoms with Gasteiger partial charge in [-0.3, -0.25) is 15.0 Å². The van der Waals surface area contributed by atoms with Crippen molar-refractivity contribution in [3.63, 3.8) is 0 Å². The van der Waals surface area contributed by atoms with Crippen molar-refractivity contribution in [3.05, 3.63) is 0 Å². The van der Waals surface area contributed by atoms with Gasteiger partial charge in [0.25, 0.3) is 0 Å². The van der Waals surface area contributed by atoms with E-state index < -0.39 is 11.9 Å². The Morgan fingerprint density at radius 3 is 2.55 bits per heavy atom. The molecule has 6 nitrogen and oxygen atoms in total. The van der Waals surface area contributed by atoms with Gasteiger partial charge in [-0.15, -0.1) is 0 Å². The van der Waals surface area contributed by atoms with Crippen LogP contribution in [0.5, 0.6) is 0 Å². The molecule has 0 spiro atoms. The van der Waals surface area contributed by atoms with Crippen molar-refractivity contribution in [3.8, 4) is 0 Å². The van der Waals surface area contributed by atoms with Gasteiger partial charge in [-0.2, -0.15) is 5.48 Å². The summed E-state index contributed by atoms with van der Waals surface area (Å²) < 4.78 is 0. The van der Waals surface area contributed by atoms with Gasteiger partial charge in [0, 0.05) is 13.5 Å². The molecule has 64 valence electrons. The fourth-order valence-corrected chi connectivity index (χ4v) is 0.453. The molecule has 0 aliphatic heterocycles. The molecule has 0 unspecified atom stereocenters. The monoisotopic (exact) mass is 161 g/mol. The lowest BCUT2D eigenvalue weighted by Crippen LogP contribution is -2.30. The van der Waals surface area contributed by atoms with Gasteiger partial charge in [-0.1, -0.05) is 0 Å². The third-order valence-corrected chi connectivity index (χ3v) is 0.933. The van der Waals surface area contributed by atoms with Crippen LogP contribution in [0.25, 0.3) is 0 Å². The molecule has 4 N–H and O–H groups in total. The maximum absolute atomic E-state index is 10.6. The normalized spacial score (nSPS) is 8.91. The third-order valence-electron chi connectivity index (χ3n) is 0.933. The molecule has 1 amide bonds. The van der Waals surface area contributed by atoms with E-state index in [1.165, 1.54) is 7.05 Å². The molecule has 6 heteroatoms. The van der Waals surface area contributed by atoms with Crippen molar-refractivity contribution in [1.29, 1.82) is 0 Å². The number of hydroxylamine groups is 1. The second-order valence-corrected chi connectivity index (χ2v) is 1.75. The van der Waals surface area contributed by atoms with E-state index in [1.807, 2.05) is 5.43 Å². The molecule has 0 aromatic carbocycles. The highest BCUT2D eigenvalue weighted by Crippen LogP contribution is 1.89. The topological polar surface area (TPSA) is 93.4 Å². The zero-order valence-corrected chi connectivity index (χ0v) is 6.22. The maximum Gasteiger partial charge on any atom is 0.325 e. The van der Waals surface area contributed by atoms with Gasteiger partial charge in [-0.05, 0) is 0 Å². The first-order valence-corrected chi connectivity index (χ1v) is 3.06. The van der Waals surface area contributed by atoms with Gasteiger partial charge < -0.3 is 4.84 Å². The summed E-state index contributed by atoms with van der Waals surface area (Å²) in [5.74, 6) is 3.88. The Balaban J connectivity index is 3.38. The first-order valence-electron chi connectivity index (χ1n) is 3.06. The summed E-state index contributed by atoms with van der Waals surface area (Å²) in [6, 6.07) is 0. The number of carbonyl (C=O) groups is 2. The summed E-state index contributed by atoms with van der Waals surface area (Å²) in [6.45, 7) is 0. The van der Waals surface area contributed by atoms with Gasteiger partial charge in [0.15, 0.2) is 0 Å². The number of nitrogens with two attached hydrogens (primary N) is 1. The maximum atomic E-state index is 10.6. The summed E-state index contributed by atoms with van der Waals surface area (Å²) in [7, 11) is 1.46. The average Bonchev–Trinajstić information content (AvgIpc) is 2.01. The molecule has 0 saturated heterocycles. The predicted octanol–water partition coefficient (Wildman–Crippen LogP) is -1.57. The van der Waals surface area contributed by atoms with Crippen LogP contribution < -0.4 is 16.7 Å². The fraction of sp³-hybridized carbons (Fsp3) is 0.600. The Kier molecular flexibility index (Phi) is 5.05.